The number of nitrogens with one attached hydrogen (secondary N) is 2. The third-order valence-electron chi connectivity index (χ3n) is 2.62. The Morgan fingerprint density at radius 3 is 2.38 bits per heavy atom. The van der Waals surface area contributed by atoms with Crippen molar-refractivity contribution in [2.24, 2.45) is 5.92 Å². The third kappa shape index (κ3) is 4.34. The maximum Gasteiger partial charge on any atom is 0.239 e. The van der Waals surface area contributed by atoms with Crippen LogP contribution in [-0.4, -0.2) is 18.5 Å². The van der Waals surface area contributed by atoms with Crippen LogP contribution < -0.4 is 10.6 Å². The minimum absolute atomic E-state index is 0.0325. The van der Waals surface area contributed by atoms with Crippen LogP contribution in [-0.2, 0) is 4.79 Å². The van der Waals surface area contributed by atoms with E-state index in [2.05, 4.69) is 24.5 Å². The lowest BCUT2D eigenvalue weighted by Crippen LogP contribution is -2.39. The van der Waals surface area contributed by atoms with Gasteiger partial charge < -0.3 is 10.6 Å². The normalized spacial score (nSPS) is 12.2. The highest BCUT2D eigenvalue weighted by molar-refractivity contribution is 5.80. The summed E-state index contributed by atoms with van der Waals surface area (Å²) in [5.41, 5.74) is 0.967. The molecule has 1 atom stereocenters. The van der Waals surface area contributed by atoms with Crippen molar-refractivity contribution in [1.82, 2.24) is 5.32 Å². The fraction of sp³-hybridized carbons (Fsp3) is 0.462. The standard InChI is InChI=1S/C13H20N2O/c1-10(2)11(3)15-13(16)9-14-12-7-5-4-6-8-12/h4-8,10-11,14H,9H2,1-3H3,(H,15,16). The summed E-state index contributed by atoms with van der Waals surface area (Å²) < 4.78 is 0. The van der Waals surface area contributed by atoms with Crippen molar-refractivity contribution in [2.75, 3.05) is 11.9 Å². The average Bonchev–Trinajstić information content (AvgIpc) is 2.27. The number of hydrogen-bond acceptors (Lipinski definition) is 2. The number of anilines is 1. The molecule has 1 aromatic carbocycles. The van der Waals surface area contributed by atoms with Crippen LogP contribution in [0.1, 0.15) is 20.8 Å². The molecular formula is C13H20N2O. The van der Waals surface area contributed by atoms with E-state index < -0.39 is 0 Å². The molecule has 2 N–H and O–H groups in total. The van der Waals surface area contributed by atoms with Crippen molar-refractivity contribution < 1.29 is 4.79 Å². The number of para-hydroxylation sites is 1. The SMILES string of the molecule is CC(C)C(C)NC(=O)CNc1ccccc1. The van der Waals surface area contributed by atoms with E-state index in [4.69, 9.17) is 0 Å². The average molecular weight is 220 g/mol. The maximum absolute atomic E-state index is 11.6. The predicted octanol–water partition coefficient (Wildman–Crippen LogP) is 2.26. The van der Waals surface area contributed by atoms with Gasteiger partial charge in [0.15, 0.2) is 0 Å². The van der Waals surface area contributed by atoms with Gasteiger partial charge in [-0.25, -0.2) is 0 Å². The molecular weight excluding hydrogens is 200 g/mol. The summed E-state index contributed by atoms with van der Waals surface area (Å²) in [4.78, 5) is 11.6. The van der Waals surface area contributed by atoms with Gasteiger partial charge in [-0.3, -0.25) is 4.79 Å². The Balaban J connectivity index is 2.31. The molecule has 88 valence electrons. The molecule has 0 aliphatic rings. The topological polar surface area (TPSA) is 41.1 Å². The first kappa shape index (κ1) is 12.6. The number of carbonyl (C=O) groups excluding carboxylic acids is 1. The van der Waals surface area contributed by atoms with Gasteiger partial charge in [0.05, 0.1) is 6.54 Å². The van der Waals surface area contributed by atoms with Crippen LogP contribution in [0.4, 0.5) is 5.69 Å². The summed E-state index contributed by atoms with van der Waals surface area (Å²) in [6.45, 7) is 6.53. The summed E-state index contributed by atoms with van der Waals surface area (Å²) in [6, 6.07) is 9.93. The highest BCUT2D eigenvalue weighted by atomic mass is 16.1. The van der Waals surface area contributed by atoms with Gasteiger partial charge >= 0.3 is 0 Å². The van der Waals surface area contributed by atoms with E-state index in [1.54, 1.807) is 0 Å². The van der Waals surface area contributed by atoms with Crippen LogP contribution in [0.2, 0.25) is 0 Å². The Labute approximate surface area is 97.2 Å². The molecule has 1 aromatic rings. The smallest absolute Gasteiger partial charge is 0.239 e. The second kappa shape index (κ2) is 6.16. The van der Waals surface area contributed by atoms with E-state index in [0.717, 1.165) is 5.69 Å². The molecule has 0 fully saturated rings. The van der Waals surface area contributed by atoms with E-state index in [0.29, 0.717) is 12.5 Å². The highest BCUT2D eigenvalue weighted by Gasteiger charge is 2.09. The molecule has 0 saturated carbocycles. The number of carbonyl (C=O) groups is 1. The quantitative estimate of drug-likeness (QED) is 0.799. The molecule has 16 heavy (non-hydrogen) atoms. The first-order chi connectivity index (χ1) is 7.59. The minimum Gasteiger partial charge on any atom is -0.376 e. The molecule has 3 nitrogen and oxygen atoms in total. The van der Waals surface area contributed by atoms with Crippen LogP contribution in [0.15, 0.2) is 30.3 Å². The van der Waals surface area contributed by atoms with Gasteiger partial charge in [-0.2, -0.15) is 0 Å². The largest absolute Gasteiger partial charge is 0.376 e. The van der Waals surface area contributed by atoms with Crippen molar-refractivity contribution in [1.29, 1.82) is 0 Å². The lowest BCUT2D eigenvalue weighted by Gasteiger charge is -2.17. The van der Waals surface area contributed by atoms with E-state index in [9.17, 15) is 4.79 Å². The number of amides is 1. The molecule has 0 heterocycles. The molecule has 1 amide bonds. The van der Waals surface area contributed by atoms with Gasteiger partial charge in [-0.15, -0.1) is 0 Å². The summed E-state index contributed by atoms with van der Waals surface area (Å²) in [6.07, 6.45) is 0. The van der Waals surface area contributed by atoms with Gasteiger partial charge in [0.25, 0.3) is 0 Å². The molecule has 1 unspecified atom stereocenters. The second-order valence-electron chi connectivity index (χ2n) is 4.32. The Morgan fingerprint density at radius 1 is 1.19 bits per heavy atom. The van der Waals surface area contributed by atoms with Crippen molar-refractivity contribution in [3.63, 3.8) is 0 Å². The number of benzene rings is 1. The summed E-state index contributed by atoms with van der Waals surface area (Å²) in [5, 5.41) is 6.02. The van der Waals surface area contributed by atoms with Gasteiger partial charge in [0.1, 0.15) is 0 Å². The summed E-state index contributed by atoms with van der Waals surface area (Å²) in [5.74, 6) is 0.491. The van der Waals surface area contributed by atoms with Gasteiger partial charge in [0, 0.05) is 11.7 Å². The van der Waals surface area contributed by atoms with Crippen molar-refractivity contribution in [3.8, 4) is 0 Å². The van der Waals surface area contributed by atoms with Gasteiger partial charge in [-0.05, 0) is 25.0 Å². The van der Waals surface area contributed by atoms with Crippen molar-refractivity contribution in [3.05, 3.63) is 30.3 Å². The van der Waals surface area contributed by atoms with Crippen LogP contribution in [0.5, 0.6) is 0 Å². The third-order valence-corrected chi connectivity index (χ3v) is 2.62. The second-order valence-corrected chi connectivity index (χ2v) is 4.32. The van der Waals surface area contributed by atoms with E-state index >= 15 is 0 Å². The zero-order valence-corrected chi connectivity index (χ0v) is 10.2. The number of hydrogen-bond donors (Lipinski definition) is 2. The lowest BCUT2D eigenvalue weighted by atomic mass is 10.1. The van der Waals surface area contributed by atoms with Gasteiger partial charge in [-0.1, -0.05) is 32.0 Å². The zero-order chi connectivity index (χ0) is 12.0. The molecule has 0 bridgehead atoms. The minimum atomic E-state index is 0.0325. The first-order valence-corrected chi connectivity index (χ1v) is 5.68. The van der Waals surface area contributed by atoms with Gasteiger partial charge in [0.2, 0.25) is 5.91 Å². The first-order valence-electron chi connectivity index (χ1n) is 5.68. The molecule has 3 heteroatoms. The lowest BCUT2D eigenvalue weighted by molar-refractivity contribution is -0.120. The van der Waals surface area contributed by atoms with E-state index in [1.165, 1.54) is 0 Å². The molecule has 0 spiro atoms. The van der Waals surface area contributed by atoms with Crippen LogP contribution >= 0.6 is 0 Å². The molecule has 0 aliphatic heterocycles. The maximum atomic E-state index is 11.6. The predicted molar refractivity (Wildman–Crippen MR) is 67.4 cm³/mol. The summed E-state index contributed by atoms with van der Waals surface area (Å²) in [7, 11) is 0. The van der Waals surface area contributed by atoms with E-state index in [-0.39, 0.29) is 11.9 Å². The summed E-state index contributed by atoms with van der Waals surface area (Å²) >= 11 is 0. The Hall–Kier alpha value is -1.51. The fourth-order valence-electron chi connectivity index (χ4n) is 1.21. The van der Waals surface area contributed by atoms with Crippen LogP contribution in [0.3, 0.4) is 0 Å². The zero-order valence-electron chi connectivity index (χ0n) is 10.2. The molecule has 1 rings (SSSR count). The molecule has 0 aliphatic carbocycles. The highest BCUT2D eigenvalue weighted by Crippen LogP contribution is 2.04. The molecule has 0 saturated heterocycles. The number of rotatable bonds is 5. The van der Waals surface area contributed by atoms with Crippen LogP contribution in [0, 0.1) is 5.92 Å². The molecule has 0 aromatic heterocycles. The monoisotopic (exact) mass is 220 g/mol. The Morgan fingerprint density at radius 2 is 1.81 bits per heavy atom. The van der Waals surface area contributed by atoms with Crippen molar-refractivity contribution in [2.45, 2.75) is 26.8 Å². The van der Waals surface area contributed by atoms with E-state index in [1.807, 2.05) is 37.3 Å². The Kier molecular flexibility index (Phi) is 4.83. The van der Waals surface area contributed by atoms with Crippen molar-refractivity contribution >= 4 is 11.6 Å². The Bertz CT molecular complexity index is 322. The fourth-order valence-corrected chi connectivity index (χ4v) is 1.21. The molecule has 0 radical (unpaired) electrons. The van der Waals surface area contributed by atoms with Crippen LogP contribution in [0.25, 0.3) is 0 Å².